The summed E-state index contributed by atoms with van der Waals surface area (Å²) in [7, 11) is -1.72. The van der Waals surface area contributed by atoms with Gasteiger partial charge in [0.1, 0.15) is 0 Å². The Bertz CT molecular complexity index is 767. The molecule has 5 nitrogen and oxygen atoms in total. The van der Waals surface area contributed by atoms with Gasteiger partial charge in [0.25, 0.3) is 0 Å². The van der Waals surface area contributed by atoms with Gasteiger partial charge in [-0.15, -0.1) is 0 Å². The fourth-order valence-corrected chi connectivity index (χ4v) is 6.02. The van der Waals surface area contributed by atoms with Crippen LogP contribution in [0.1, 0.15) is 57.9 Å². The van der Waals surface area contributed by atoms with Crippen molar-refractivity contribution in [2.75, 3.05) is 33.3 Å². The minimum Gasteiger partial charge on any atom is -0.381 e. The van der Waals surface area contributed by atoms with Crippen LogP contribution in [0.25, 0.3) is 6.08 Å². The van der Waals surface area contributed by atoms with Crippen LogP contribution in [-0.2, 0) is 14.8 Å². The summed E-state index contributed by atoms with van der Waals surface area (Å²) in [5, 5.41) is 0. The molecule has 0 radical (unpaired) electrons. The first-order chi connectivity index (χ1) is 14.0. The summed E-state index contributed by atoms with van der Waals surface area (Å²) in [4.78, 5) is 3.00. The highest BCUT2D eigenvalue weighted by Crippen LogP contribution is 2.25. The number of sulfonamides is 1. The molecule has 0 bridgehead atoms. The molecule has 0 unspecified atom stereocenters. The third kappa shape index (κ3) is 5.48. The summed E-state index contributed by atoms with van der Waals surface area (Å²) in [6.45, 7) is 7.85. The Balaban J connectivity index is 1.61. The zero-order valence-corrected chi connectivity index (χ0v) is 19.0. The molecule has 2 saturated heterocycles. The van der Waals surface area contributed by atoms with Crippen LogP contribution in [0.2, 0.25) is 0 Å². The Morgan fingerprint density at radius 2 is 1.62 bits per heavy atom. The molecule has 1 aromatic carbocycles. The average Bonchev–Trinajstić information content (AvgIpc) is 2.76. The number of benzene rings is 1. The van der Waals surface area contributed by atoms with Gasteiger partial charge in [-0.3, -0.25) is 4.90 Å². The lowest BCUT2D eigenvalue weighted by molar-refractivity contribution is 0.0604. The van der Waals surface area contributed by atoms with Crippen LogP contribution in [0.5, 0.6) is 0 Å². The summed E-state index contributed by atoms with van der Waals surface area (Å²) >= 11 is 0. The Labute approximate surface area is 176 Å². The van der Waals surface area contributed by atoms with Gasteiger partial charge in [-0.25, -0.2) is 8.42 Å². The van der Waals surface area contributed by atoms with E-state index in [4.69, 9.17) is 4.74 Å². The molecule has 0 amide bonds. The lowest BCUT2D eigenvalue weighted by Crippen LogP contribution is -2.40. The van der Waals surface area contributed by atoms with Crippen molar-refractivity contribution in [3.05, 3.63) is 35.4 Å². The van der Waals surface area contributed by atoms with Crippen LogP contribution in [0.4, 0.5) is 0 Å². The summed E-state index contributed by atoms with van der Waals surface area (Å²) in [5.74, 6) is 0. The minimum atomic E-state index is -3.42. The zero-order valence-electron chi connectivity index (χ0n) is 18.1. The predicted molar refractivity (Wildman–Crippen MR) is 118 cm³/mol. The second kappa shape index (κ2) is 10.2. The van der Waals surface area contributed by atoms with Gasteiger partial charge >= 0.3 is 0 Å². The molecule has 2 fully saturated rings. The molecular weight excluding hydrogens is 384 g/mol. The van der Waals surface area contributed by atoms with Crippen molar-refractivity contribution in [3.8, 4) is 0 Å². The molecule has 2 heterocycles. The molecule has 0 spiro atoms. The highest BCUT2D eigenvalue weighted by Gasteiger charge is 2.29. The molecule has 0 atom stereocenters. The first-order valence-electron chi connectivity index (χ1n) is 11.0. The number of nitrogens with zero attached hydrogens (tertiary/aromatic N) is 2. The standard InChI is InChI=1S/C23H36N2O3S/c1-4-21(5-2)24-14-10-20(11-15-24)18-19-6-8-23(9-7-19)29(26,27)25-16-12-22(28-3)13-17-25/h6-9,18,21-22H,4-5,10-17H2,1-3H3. The Hall–Kier alpha value is -1.21. The van der Waals surface area contributed by atoms with E-state index in [1.54, 1.807) is 23.5 Å². The van der Waals surface area contributed by atoms with Gasteiger partial charge in [0, 0.05) is 39.3 Å². The highest BCUT2D eigenvalue weighted by atomic mass is 32.2. The molecule has 6 heteroatoms. The molecule has 3 rings (SSSR count). The van der Waals surface area contributed by atoms with Crippen LogP contribution >= 0.6 is 0 Å². The van der Waals surface area contributed by atoms with E-state index in [1.807, 2.05) is 12.1 Å². The molecule has 162 valence electrons. The summed E-state index contributed by atoms with van der Waals surface area (Å²) in [6, 6.07) is 8.09. The normalized spacial score (nSPS) is 20.3. The van der Waals surface area contributed by atoms with Crippen molar-refractivity contribution in [2.45, 2.75) is 69.4 Å². The molecule has 0 aromatic heterocycles. The summed E-state index contributed by atoms with van der Waals surface area (Å²) in [6.07, 6.45) is 8.57. The largest absolute Gasteiger partial charge is 0.381 e. The molecule has 29 heavy (non-hydrogen) atoms. The zero-order chi connectivity index (χ0) is 20.9. The van der Waals surface area contributed by atoms with Crippen molar-refractivity contribution < 1.29 is 13.2 Å². The smallest absolute Gasteiger partial charge is 0.243 e. The summed E-state index contributed by atoms with van der Waals surface area (Å²) < 4.78 is 32.7. The van der Waals surface area contributed by atoms with E-state index in [1.165, 1.54) is 18.4 Å². The lowest BCUT2D eigenvalue weighted by atomic mass is 9.98. The van der Waals surface area contributed by atoms with Gasteiger partial charge in [-0.05, 0) is 56.2 Å². The average molecular weight is 421 g/mol. The maximum Gasteiger partial charge on any atom is 0.243 e. The van der Waals surface area contributed by atoms with E-state index in [0.717, 1.165) is 44.3 Å². The Morgan fingerprint density at radius 3 is 2.14 bits per heavy atom. The van der Waals surface area contributed by atoms with E-state index in [2.05, 4.69) is 24.8 Å². The quantitative estimate of drug-likeness (QED) is 0.665. The summed E-state index contributed by atoms with van der Waals surface area (Å²) in [5.41, 5.74) is 2.55. The fraction of sp³-hybridized carbons (Fsp3) is 0.652. The van der Waals surface area contributed by atoms with E-state index in [-0.39, 0.29) is 6.10 Å². The van der Waals surface area contributed by atoms with E-state index >= 15 is 0 Å². The van der Waals surface area contributed by atoms with Gasteiger partial charge in [0.05, 0.1) is 11.0 Å². The van der Waals surface area contributed by atoms with Crippen molar-refractivity contribution in [3.63, 3.8) is 0 Å². The molecule has 0 N–H and O–H groups in total. The first-order valence-corrected chi connectivity index (χ1v) is 12.5. The topological polar surface area (TPSA) is 49.9 Å². The van der Waals surface area contributed by atoms with Crippen LogP contribution in [0.15, 0.2) is 34.7 Å². The minimum absolute atomic E-state index is 0.173. The monoisotopic (exact) mass is 420 g/mol. The van der Waals surface area contributed by atoms with Gasteiger partial charge in [0.2, 0.25) is 10.0 Å². The number of rotatable bonds is 7. The molecule has 1 aromatic rings. The fourth-order valence-electron chi connectivity index (χ4n) is 4.55. The molecule has 0 saturated carbocycles. The van der Waals surface area contributed by atoms with Crippen LogP contribution in [-0.4, -0.2) is 63.1 Å². The third-order valence-corrected chi connectivity index (χ3v) is 8.43. The van der Waals surface area contributed by atoms with Crippen molar-refractivity contribution in [1.82, 2.24) is 9.21 Å². The second-order valence-electron chi connectivity index (χ2n) is 8.22. The molecule has 2 aliphatic rings. The Kier molecular flexibility index (Phi) is 7.91. The Morgan fingerprint density at radius 1 is 1.03 bits per heavy atom. The van der Waals surface area contributed by atoms with E-state index in [9.17, 15) is 8.42 Å². The number of ether oxygens (including phenoxy) is 1. The van der Waals surface area contributed by atoms with Crippen LogP contribution in [0.3, 0.4) is 0 Å². The van der Waals surface area contributed by atoms with Gasteiger partial charge in [0.15, 0.2) is 0 Å². The van der Waals surface area contributed by atoms with E-state index < -0.39 is 10.0 Å². The first kappa shape index (κ1) is 22.5. The number of likely N-dealkylation sites (tertiary alicyclic amines) is 1. The highest BCUT2D eigenvalue weighted by molar-refractivity contribution is 7.89. The molecule has 2 aliphatic heterocycles. The van der Waals surface area contributed by atoms with Gasteiger partial charge in [-0.2, -0.15) is 4.31 Å². The van der Waals surface area contributed by atoms with Gasteiger partial charge < -0.3 is 4.74 Å². The lowest BCUT2D eigenvalue weighted by Gasteiger charge is -2.34. The predicted octanol–water partition coefficient (Wildman–Crippen LogP) is 4.15. The maximum absolute atomic E-state index is 12.9. The van der Waals surface area contributed by atoms with Crippen molar-refractivity contribution in [2.24, 2.45) is 0 Å². The number of methoxy groups -OCH3 is 1. The number of hydrogen-bond donors (Lipinski definition) is 0. The molecule has 0 aliphatic carbocycles. The van der Waals surface area contributed by atoms with Gasteiger partial charge in [-0.1, -0.05) is 37.6 Å². The van der Waals surface area contributed by atoms with Crippen LogP contribution < -0.4 is 0 Å². The van der Waals surface area contributed by atoms with Crippen LogP contribution in [0, 0.1) is 0 Å². The third-order valence-electron chi connectivity index (χ3n) is 6.52. The SMILES string of the molecule is CCC(CC)N1CCC(=Cc2ccc(S(=O)(=O)N3CCC(OC)CC3)cc2)CC1. The molecular formula is C23H36N2O3S. The van der Waals surface area contributed by atoms with E-state index in [0.29, 0.717) is 24.0 Å². The maximum atomic E-state index is 12.9. The number of hydrogen-bond acceptors (Lipinski definition) is 4. The van der Waals surface area contributed by atoms with Crippen molar-refractivity contribution >= 4 is 16.1 Å². The van der Waals surface area contributed by atoms with Crippen molar-refractivity contribution in [1.29, 1.82) is 0 Å². The second-order valence-corrected chi connectivity index (χ2v) is 10.2. The number of piperidine rings is 2.